The predicted octanol–water partition coefficient (Wildman–Crippen LogP) is 4.21. The van der Waals surface area contributed by atoms with Crippen LogP contribution in [-0.2, 0) is 6.54 Å². The molecule has 0 bridgehead atoms. The number of benzene rings is 1. The molecule has 1 aromatic carbocycles. The SMILES string of the molecule is CN(C)Cc1ccc(N2C=NC=CC2c2c(Cl)nc3sccn23)cc1. The van der Waals surface area contributed by atoms with Crippen LogP contribution in [0.2, 0.25) is 5.15 Å². The predicted molar refractivity (Wildman–Crippen MR) is 105 cm³/mol. The molecule has 0 radical (unpaired) electrons. The number of aliphatic imine (C=N–C) groups is 1. The zero-order chi connectivity index (χ0) is 17.4. The Morgan fingerprint density at radius 2 is 2.04 bits per heavy atom. The van der Waals surface area contributed by atoms with Crippen LogP contribution in [-0.4, -0.2) is 34.7 Å². The fourth-order valence-corrected chi connectivity index (χ4v) is 4.09. The van der Waals surface area contributed by atoms with Crippen molar-refractivity contribution < 1.29 is 0 Å². The molecular formula is C18H18ClN5S. The highest BCUT2D eigenvalue weighted by atomic mass is 35.5. The zero-order valence-corrected chi connectivity index (χ0v) is 15.6. The Labute approximate surface area is 155 Å². The molecule has 0 saturated heterocycles. The van der Waals surface area contributed by atoms with Crippen LogP contribution in [0.15, 0.2) is 53.1 Å². The van der Waals surface area contributed by atoms with Crippen molar-refractivity contribution in [2.24, 2.45) is 4.99 Å². The lowest BCUT2D eigenvalue weighted by Crippen LogP contribution is -2.28. The Balaban J connectivity index is 1.70. The molecule has 0 fully saturated rings. The lowest BCUT2D eigenvalue weighted by atomic mass is 10.1. The van der Waals surface area contributed by atoms with Crippen molar-refractivity contribution in [3.8, 4) is 0 Å². The van der Waals surface area contributed by atoms with E-state index in [4.69, 9.17) is 11.6 Å². The van der Waals surface area contributed by atoms with Gasteiger partial charge in [0.2, 0.25) is 0 Å². The van der Waals surface area contributed by atoms with Gasteiger partial charge in [0.05, 0.1) is 18.1 Å². The van der Waals surface area contributed by atoms with Gasteiger partial charge in [-0.25, -0.2) is 9.98 Å². The lowest BCUT2D eigenvalue weighted by Gasteiger charge is -2.29. The molecule has 7 heteroatoms. The fraction of sp³-hybridized carbons (Fsp3) is 0.222. The average molecular weight is 372 g/mol. The van der Waals surface area contributed by atoms with Crippen LogP contribution in [0, 0.1) is 0 Å². The number of rotatable bonds is 4. The Morgan fingerprint density at radius 3 is 2.80 bits per heavy atom. The van der Waals surface area contributed by atoms with E-state index in [9.17, 15) is 0 Å². The van der Waals surface area contributed by atoms with Crippen LogP contribution in [0.25, 0.3) is 4.96 Å². The van der Waals surface area contributed by atoms with Crippen molar-refractivity contribution in [3.63, 3.8) is 0 Å². The number of thiazole rings is 1. The monoisotopic (exact) mass is 371 g/mol. The summed E-state index contributed by atoms with van der Waals surface area (Å²) in [6.07, 6.45) is 7.70. The van der Waals surface area contributed by atoms with Crippen LogP contribution < -0.4 is 4.90 Å². The van der Waals surface area contributed by atoms with Gasteiger partial charge in [0, 0.05) is 30.0 Å². The number of halogens is 1. The van der Waals surface area contributed by atoms with Gasteiger partial charge in [-0.15, -0.1) is 11.3 Å². The summed E-state index contributed by atoms with van der Waals surface area (Å²) in [5.41, 5.74) is 3.30. The molecule has 1 aliphatic heterocycles. The maximum Gasteiger partial charge on any atom is 0.195 e. The molecule has 25 heavy (non-hydrogen) atoms. The molecule has 0 spiro atoms. The van der Waals surface area contributed by atoms with Crippen molar-refractivity contribution in [1.82, 2.24) is 14.3 Å². The van der Waals surface area contributed by atoms with Crippen molar-refractivity contribution in [3.05, 3.63) is 64.5 Å². The second-order valence-electron chi connectivity index (χ2n) is 6.21. The molecule has 4 rings (SSSR count). The van der Waals surface area contributed by atoms with Gasteiger partial charge >= 0.3 is 0 Å². The number of imidazole rings is 1. The summed E-state index contributed by atoms with van der Waals surface area (Å²) < 4.78 is 2.05. The zero-order valence-electron chi connectivity index (χ0n) is 14.0. The van der Waals surface area contributed by atoms with Crippen molar-refractivity contribution >= 4 is 39.9 Å². The second-order valence-corrected chi connectivity index (χ2v) is 7.44. The minimum atomic E-state index is -0.0469. The van der Waals surface area contributed by atoms with Gasteiger partial charge in [-0.1, -0.05) is 23.7 Å². The Morgan fingerprint density at radius 1 is 1.24 bits per heavy atom. The van der Waals surface area contributed by atoms with Gasteiger partial charge in [-0.3, -0.25) is 4.40 Å². The summed E-state index contributed by atoms with van der Waals surface area (Å²) in [7, 11) is 4.14. The minimum absolute atomic E-state index is 0.0469. The number of hydrogen-bond acceptors (Lipinski definition) is 5. The van der Waals surface area contributed by atoms with Crippen molar-refractivity contribution in [1.29, 1.82) is 0 Å². The molecule has 0 saturated carbocycles. The molecule has 1 unspecified atom stereocenters. The highest BCUT2D eigenvalue weighted by Gasteiger charge is 2.26. The summed E-state index contributed by atoms with van der Waals surface area (Å²) in [4.78, 5) is 13.9. The van der Waals surface area contributed by atoms with Gasteiger partial charge in [-0.2, -0.15) is 0 Å². The molecule has 1 aliphatic rings. The molecule has 0 aliphatic carbocycles. The first-order valence-corrected chi connectivity index (χ1v) is 9.22. The number of aromatic nitrogens is 2. The van der Waals surface area contributed by atoms with Gasteiger partial charge in [0.1, 0.15) is 0 Å². The molecule has 5 nitrogen and oxygen atoms in total. The molecule has 0 N–H and O–H groups in total. The highest BCUT2D eigenvalue weighted by molar-refractivity contribution is 7.15. The maximum absolute atomic E-state index is 6.44. The minimum Gasteiger partial charge on any atom is -0.320 e. The van der Waals surface area contributed by atoms with E-state index in [-0.39, 0.29) is 6.04 Å². The number of anilines is 1. The standard InChI is InChI=1S/C18H18ClN5S/c1-22(2)11-13-3-5-14(6-4-13)24-12-20-8-7-15(24)16-17(19)21-18-23(16)9-10-25-18/h3-10,12,15H,11H2,1-2H3. The molecule has 3 heterocycles. The molecule has 2 aromatic heterocycles. The smallest absolute Gasteiger partial charge is 0.195 e. The molecule has 3 aromatic rings. The van der Waals surface area contributed by atoms with Crippen LogP contribution in [0.1, 0.15) is 17.3 Å². The Hall–Kier alpha value is -2.15. The van der Waals surface area contributed by atoms with E-state index < -0.39 is 0 Å². The van der Waals surface area contributed by atoms with Crippen LogP contribution in [0.3, 0.4) is 0 Å². The highest BCUT2D eigenvalue weighted by Crippen LogP contribution is 2.34. The summed E-state index contributed by atoms with van der Waals surface area (Å²) in [5.74, 6) is 0. The first kappa shape index (κ1) is 16.3. The summed E-state index contributed by atoms with van der Waals surface area (Å²) in [5, 5.41) is 2.55. The summed E-state index contributed by atoms with van der Waals surface area (Å²) in [6.45, 7) is 0.918. The van der Waals surface area contributed by atoms with E-state index in [2.05, 4.69) is 62.5 Å². The third-order valence-electron chi connectivity index (χ3n) is 4.11. The van der Waals surface area contributed by atoms with Gasteiger partial charge in [0.25, 0.3) is 0 Å². The largest absolute Gasteiger partial charge is 0.320 e. The van der Waals surface area contributed by atoms with E-state index in [1.165, 1.54) is 5.56 Å². The number of nitrogens with zero attached hydrogens (tertiary/aromatic N) is 5. The van der Waals surface area contributed by atoms with Crippen molar-refractivity contribution in [2.75, 3.05) is 19.0 Å². The van der Waals surface area contributed by atoms with E-state index in [1.54, 1.807) is 11.3 Å². The molecule has 1 atom stereocenters. The van der Waals surface area contributed by atoms with Crippen LogP contribution in [0.4, 0.5) is 5.69 Å². The molecule has 0 amide bonds. The summed E-state index contributed by atoms with van der Waals surface area (Å²) >= 11 is 8.02. The average Bonchev–Trinajstić information content (AvgIpc) is 3.15. The lowest BCUT2D eigenvalue weighted by molar-refractivity contribution is 0.402. The molecule has 128 valence electrons. The first-order valence-electron chi connectivity index (χ1n) is 7.96. The normalized spacial score (nSPS) is 17.1. The summed E-state index contributed by atoms with van der Waals surface area (Å²) in [6, 6.07) is 8.50. The second kappa shape index (κ2) is 6.63. The van der Waals surface area contributed by atoms with Crippen molar-refractivity contribution in [2.45, 2.75) is 12.6 Å². The topological polar surface area (TPSA) is 36.1 Å². The van der Waals surface area contributed by atoms with Gasteiger partial charge < -0.3 is 9.80 Å². The number of fused-ring (bicyclic) bond motifs is 1. The molecular weight excluding hydrogens is 354 g/mol. The van der Waals surface area contributed by atoms with E-state index >= 15 is 0 Å². The fourth-order valence-electron chi connectivity index (χ4n) is 3.04. The third kappa shape index (κ3) is 3.08. The van der Waals surface area contributed by atoms with Gasteiger partial charge in [0.15, 0.2) is 10.1 Å². The van der Waals surface area contributed by atoms with E-state index in [0.29, 0.717) is 5.15 Å². The number of hydrogen-bond donors (Lipinski definition) is 0. The third-order valence-corrected chi connectivity index (χ3v) is 5.15. The first-order chi connectivity index (χ1) is 12.1. The van der Waals surface area contributed by atoms with E-state index in [0.717, 1.165) is 22.9 Å². The van der Waals surface area contributed by atoms with E-state index in [1.807, 2.05) is 30.2 Å². The van der Waals surface area contributed by atoms with Crippen LogP contribution in [0.5, 0.6) is 0 Å². The maximum atomic E-state index is 6.44. The van der Waals surface area contributed by atoms with Crippen LogP contribution >= 0.6 is 22.9 Å². The quantitative estimate of drug-likeness (QED) is 0.689. The van der Waals surface area contributed by atoms with Gasteiger partial charge in [-0.05, 0) is 37.9 Å². The Kier molecular flexibility index (Phi) is 4.33. The Bertz CT molecular complexity index is 938.